The van der Waals surface area contributed by atoms with Crippen LogP contribution in [0.4, 0.5) is 0 Å². The van der Waals surface area contributed by atoms with E-state index in [9.17, 15) is 0 Å². The van der Waals surface area contributed by atoms with E-state index in [2.05, 4.69) is 6.92 Å². The van der Waals surface area contributed by atoms with Gasteiger partial charge in [0.25, 0.3) is 0 Å². The summed E-state index contributed by atoms with van der Waals surface area (Å²) in [7, 11) is 0. The van der Waals surface area contributed by atoms with Gasteiger partial charge in [0.1, 0.15) is 5.75 Å². The zero-order valence-corrected chi connectivity index (χ0v) is 10.8. The van der Waals surface area contributed by atoms with Gasteiger partial charge in [-0.1, -0.05) is 25.1 Å². The zero-order valence-electron chi connectivity index (χ0n) is 10.8. The summed E-state index contributed by atoms with van der Waals surface area (Å²) in [5, 5.41) is 0. The molecule has 3 heteroatoms. The monoisotopic (exact) mass is 237 g/mol. The molecule has 0 saturated carbocycles. The van der Waals surface area contributed by atoms with Crippen LogP contribution in [0.15, 0.2) is 24.3 Å². The second-order valence-electron chi connectivity index (χ2n) is 3.98. The number of benzene rings is 1. The predicted molar refractivity (Wildman–Crippen MR) is 70.3 cm³/mol. The molecule has 0 radical (unpaired) electrons. The van der Waals surface area contributed by atoms with E-state index >= 15 is 0 Å². The molecule has 0 aromatic heterocycles. The van der Waals surface area contributed by atoms with Gasteiger partial charge >= 0.3 is 0 Å². The minimum atomic E-state index is -0.0189. The van der Waals surface area contributed by atoms with Crippen molar-refractivity contribution < 1.29 is 9.47 Å². The van der Waals surface area contributed by atoms with Gasteiger partial charge in [0.05, 0.1) is 6.61 Å². The molecule has 0 aliphatic rings. The maximum atomic E-state index is 6.15. The molecule has 0 heterocycles. The summed E-state index contributed by atoms with van der Waals surface area (Å²) in [6, 6.07) is 7.96. The van der Waals surface area contributed by atoms with Gasteiger partial charge in [-0.2, -0.15) is 0 Å². The molecule has 0 spiro atoms. The zero-order chi connectivity index (χ0) is 12.5. The second-order valence-corrected chi connectivity index (χ2v) is 3.98. The fraction of sp³-hybridized carbons (Fsp3) is 0.571. The van der Waals surface area contributed by atoms with Crippen LogP contribution in [-0.4, -0.2) is 19.8 Å². The van der Waals surface area contributed by atoms with Crippen molar-refractivity contribution in [1.29, 1.82) is 0 Å². The third-order valence-electron chi connectivity index (χ3n) is 2.56. The lowest BCUT2D eigenvalue weighted by Gasteiger charge is -2.16. The number of rotatable bonds is 8. The van der Waals surface area contributed by atoms with Crippen molar-refractivity contribution in [3.05, 3.63) is 29.8 Å². The molecule has 17 heavy (non-hydrogen) atoms. The number of nitrogens with two attached hydrogens (primary N) is 1. The third kappa shape index (κ3) is 4.75. The van der Waals surface area contributed by atoms with Crippen LogP contribution in [0.2, 0.25) is 0 Å². The SMILES string of the molecule is CCCOc1ccccc1C(N)CCOCC. The minimum absolute atomic E-state index is 0.0189. The first kappa shape index (κ1) is 14.0. The van der Waals surface area contributed by atoms with E-state index in [0.29, 0.717) is 6.61 Å². The van der Waals surface area contributed by atoms with Gasteiger partial charge in [-0.05, 0) is 25.8 Å². The first-order valence-electron chi connectivity index (χ1n) is 6.34. The van der Waals surface area contributed by atoms with Crippen LogP contribution in [0.5, 0.6) is 5.75 Å². The summed E-state index contributed by atoms with van der Waals surface area (Å²) >= 11 is 0. The van der Waals surface area contributed by atoms with E-state index < -0.39 is 0 Å². The van der Waals surface area contributed by atoms with E-state index in [-0.39, 0.29) is 6.04 Å². The quantitative estimate of drug-likeness (QED) is 0.707. The minimum Gasteiger partial charge on any atom is -0.493 e. The highest BCUT2D eigenvalue weighted by molar-refractivity contribution is 5.35. The lowest BCUT2D eigenvalue weighted by molar-refractivity contribution is 0.139. The fourth-order valence-electron chi connectivity index (χ4n) is 1.64. The number of hydrogen-bond acceptors (Lipinski definition) is 3. The molecule has 0 fully saturated rings. The predicted octanol–water partition coefficient (Wildman–Crippen LogP) is 2.90. The summed E-state index contributed by atoms with van der Waals surface area (Å²) < 4.78 is 11.0. The molecule has 1 aromatic rings. The summed E-state index contributed by atoms with van der Waals surface area (Å²) in [6.07, 6.45) is 1.82. The van der Waals surface area contributed by atoms with Crippen molar-refractivity contribution in [2.75, 3.05) is 19.8 Å². The molecule has 1 unspecified atom stereocenters. The first-order valence-corrected chi connectivity index (χ1v) is 6.34. The highest BCUT2D eigenvalue weighted by atomic mass is 16.5. The molecular weight excluding hydrogens is 214 g/mol. The molecule has 0 amide bonds. The Bertz CT molecular complexity index is 315. The van der Waals surface area contributed by atoms with Gasteiger partial charge in [0.2, 0.25) is 0 Å². The van der Waals surface area contributed by atoms with Crippen molar-refractivity contribution in [3.8, 4) is 5.75 Å². The van der Waals surface area contributed by atoms with Crippen LogP contribution in [0.3, 0.4) is 0 Å². The van der Waals surface area contributed by atoms with E-state index in [1.54, 1.807) is 0 Å². The highest BCUT2D eigenvalue weighted by Gasteiger charge is 2.11. The average molecular weight is 237 g/mol. The van der Waals surface area contributed by atoms with Gasteiger partial charge in [0, 0.05) is 24.8 Å². The Labute approximate surface area is 104 Å². The molecule has 0 saturated heterocycles. The van der Waals surface area contributed by atoms with Crippen molar-refractivity contribution >= 4 is 0 Å². The van der Waals surface area contributed by atoms with Crippen molar-refractivity contribution in [1.82, 2.24) is 0 Å². The van der Waals surface area contributed by atoms with E-state index in [1.165, 1.54) is 0 Å². The van der Waals surface area contributed by atoms with E-state index in [4.69, 9.17) is 15.2 Å². The molecule has 2 N–H and O–H groups in total. The van der Waals surface area contributed by atoms with Gasteiger partial charge in [-0.25, -0.2) is 0 Å². The molecule has 96 valence electrons. The summed E-state index contributed by atoms with van der Waals surface area (Å²) in [6.45, 7) is 6.25. The molecule has 0 bridgehead atoms. The van der Waals surface area contributed by atoms with Crippen LogP contribution in [0, 0.1) is 0 Å². The van der Waals surface area contributed by atoms with Crippen LogP contribution in [-0.2, 0) is 4.74 Å². The fourth-order valence-corrected chi connectivity index (χ4v) is 1.64. The summed E-state index contributed by atoms with van der Waals surface area (Å²) in [5.74, 6) is 0.901. The van der Waals surface area contributed by atoms with Gasteiger partial charge in [-0.15, -0.1) is 0 Å². The largest absolute Gasteiger partial charge is 0.493 e. The molecule has 1 aromatic carbocycles. The van der Waals surface area contributed by atoms with Crippen molar-refractivity contribution in [2.45, 2.75) is 32.7 Å². The second kappa shape index (κ2) is 8.09. The first-order chi connectivity index (χ1) is 8.29. The molecular formula is C14H23NO2. The van der Waals surface area contributed by atoms with Crippen molar-refractivity contribution in [3.63, 3.8) is 0 Å². The highest BCUT2D eigenvalue weighted by Crippen LogP contribution is 2.25. The molecule has 0 aliphatic heterocycles. The Morgan fingerprint density at radius 2 is 1.94 bits per heavy atom. The van der Waals surface area contributed by atoms with Crippen LogP contribution >= 0.6 is 0 Å². The van der Waals surface area contributed by atoms with Gasteiger partial charge < -0.3 is 15.2 Å². The normalized spacial score (nSPS) is 12.4. The molecule has 3 nitrogen and oxygen atoms in total. The van der Waals surface area contributed by atoms with Crippen LogP contribution in [0.25, 0.3) is 0 Å². The van der Waals surface area contributed by atoms with Crippen molar-refractivity contribution in [2.24, 2.45) is 5.73 Å². The Hall–Kier alpha value is -1.06. The number of hydrogen-bond donors (Lipinski definition) is 1. The van der Waals surface area contributed by atoms with Crippen LogP contribution in [0.1, 0.15) is 38.3 Å². The standard InChI is InChI=1S/C14H23NO2/c1-3-10-17-14-8-6-5-7-12(14)13(15)9-11-16-4-2/h5-8,13H,3-4,9-11,15H2,1-2H3. The average Bonchev–Trinajstić information content (AvgIpc) is 2.37. The maximum Gasteiger partial charge on any atom is 0.124 e. The summed E-state index contributed by atoms with van der Waals surface area (Å²) in [5.41, 5.74) is 7.22. The Kier molecular flexibility index (Phi) is 6.67. The van der Waals surface area contributed by atoms with E-state index in [0.717, 1.165) is 37.4 Å². The van der Waals surface area contributed by atoms with E-state index in [1.807, 2.05) is 31.2 Å². The Morgan fingerprint density at radius 1 is 1.18 bits per heavy atom. The number of para-hydroxylation sites is 1. The summed E-state index contributed by atoms with van der Waals surface area (Å²) in [4.78, 5) is 0. The van der Waals surface area contributed by atoms with Crippen LogP contribution < -0.4 is 10.5 Å². The topological polar surface area (TPSA) is 44.5 Å². The van der Waals surface area contributed by atoms with Gasteiger partial charge in [0.15, 0.2) is 0 Å². The van der Waals surface area contributed by atoms with Gasteiger partial charge in [-0.3, -0.25) is 0 Å². The third-order valence-corrected chi connectivity index (χ3v) is 2.56. The lowest BCUT2D eigenvalue weighted by atomic mass is 10.0. The lowest BCUT2D eigenvalue weighted by Crippen LogP contribution is -2.14. The molecule has 1 rings (SSSR count). The Balaban J connectivity index is 2.60. The Morgan fingerprint density at radius 3 is 2.65 bits per heavy atom. The maximum absolute atomic E-state index is 6.15. The molecule has 1 atom stereocenters. The molecule has 0 aliphatic carbocycles. The smallest absolute Gasteiger partial charge is 0.124 e. The number of ether oxygens (including phenoxy) is 2.